The predicted molar refractivity (Wildman–Crippen MR) is 89.5 cm³/mol. The van der Waals surface area contributed by atoms with Gasteiger partial charge in [-0.3, -0.25) is 0 Å². The summed E-state index contributed by atoms with van der Waals surface area (Å²) in [6.07, 6.45) is 0. The van der Waals surface area contributed by atoms with Crippen LogP contribution in [0.4, 0.5) is 0 Å². The SMILES string of the molecule is CNC(c1sc(C)cc1Br)c1csc2ccccc12. The number of benzene rings is 1. The summed E-state index contributed by atoms with van der Waals surface area (Å²) in [5.41, 5.74) is 1.37. The standard InChI is InChI=1S/C15H14BrNS2/c1-9-7-12(16)15(19-9)14(17-2)11-8-18-13-6-4-3-5-10(11)13/h3-8,14,17H,1-2H3. The van der Waals surface area contributed by atoms with Crippen LogP contribution in [-0.4, -0.2) is 7.05 Å². The average molecular weight is 352 g/mol. The zero-order chi connectivity index (χ0) is 13.4. The van der Waals surface area contributed by atoms with Gasteiger partial charge in [-0.1, -0.05) is 18.2 Å². The van der Waals surface area contributed by atoms with Crippen LogP contribution in [-0.2, 0) is 0 Å². The van der Waals surface area contributed by atoms with E-state index in [9.17, 15) is 0 Å². The van der Waals surface area contributed by atoms with Gasteiger partial charge in [0.15, 0.2) is 0 Å². The van der Waals surface area contributed by atoms with Crippen molar-refractivity contribution in [2.24, 2.45) is 0 Å². The molecule has 0 bridgehead atoms. The maximum Gasteiger partial charge on any atom is 0.0694 e. The number of thiophene rings is 2. The highest BCUT2D eigenvalue weighted by atomic mass is 79.9. The lowest BCUT2D eigenvalue weighted by molar-refractivity contribution is 0.708. The molecule has 1 atom stereocenters. The number of nitrogens with one attached hydrogen (secondary N) is 1. The molecule has 1 unspecified atom stereocenters. The van der Waals surface area contributed by atoms with Crippen LogP contribution < -0.4 is 5.32 Å². The Kier molecular flexibility index (Phi) is 3.76. The maximum atomic E-state index is 3.68. The van der Waals surface area contributed by atoms with Crippen LogP contribution in [0.15, 0.2) is 40.2 Å². The van der Waals surface area contributed by atoms with E-state index in [2.05, 4.69) is 63.9 Å². The molecule has 3 rings (SSSR count). The molecule has 0 aliphatic heterocycles. The molecule has 3 aromatic rings. The molecule has 4 heteroatoms. The van der Waals surface area contributed by atoms with Crippen molar-refractivity contribution in [2.75, 3.05) is 7.05 Å². The minimum absolute atomic E-state index is 0.254. The quantitative estimate of drug-likeness (QED) is 0.671. The molecule has 0 saturated carbocycles. The van der Waals surface area contributed by atoms with Gasteiger partial charge in [0.05, 0.1) is 6.04 Å². The summed E-state index contributed by atoms with van der Waals surface area (Å²) in [7, 11) is 2.03. The molecule has 19 heavy (non-hydrogen) atoms. The zero-order valence-electron chi connectivity index (χ0n) is 10.7. The van der Waals surface area contributed by atoms with E-state index in [4.69, 9.17) is 0 Å². The van der Waals surface area contributed by atoms with E-state index in [-0.39, 0.29) is 6.04 Å². The van der Waals surface area contributed by atoms with Crippen molar-refractivity contribution in [3.8, 4) is 0 Å². The third-order valence-electron chi connectivity index (χ3n) is 3.21. The second-order valence-electron chi connectivity index (χ2n) is 4.48. The van der Waals surface area contributed by atoms with Crippen molar-refractivity contribution in [3.05, 3.63) is 55.5 Å². The second kappa shape index (κ2) is 5.37. The van der Waals surface area contributed by atoms with E-state index < -0.39 is 0 Å². The smallest absolute Gasteiger partial charge is 0.0694 e. The molecule has 0 aliphatic carbocycles. The Hall–Kier alpha value is -0.680. The maximum absolute atomic E-state index is 3.68. The summed E-state index contributed by atoms with van der Waals surface area (Å²) in [5.74, 6) is 0. The van der Waals surface area contributed by atoms with Crippen LogP contribution in [0, 0.1) is 6.92 Å². The van der Waals surface area contributed by atoms with E-state index in [1.165, 1.54) is 29.9 Å². The normalized spacial score (nSPS) is 13.0. The van der Waals surface area contributed by atoms with Crippen LogP contribution in [0.25, 0.3) is 10.1 Å². The number of hydrogen-bond acceptors (Lipinski definition) is 3. The van der Waals surface area contributed by atoms with Crippen LogP contribution >= 0.6 is 38.6 Å². The number of fused-ring (bicyclic) bond motifs is 1. The Bertz CT molecular complexity index is 714. The van der Waals surface area contributed by atoms with E-state index in [1.54, 1.807) is 0 Å². The van der Waals surface area contributed by atoms with Gasteiger partial charge in [-0.05, 0) is 58.4 Å². The van der Waals surface area contributed by atoms with Crippen molar-refractivity contribution < 1.29 is 0 Å². The highest BCUT2D eigenvalue weighted by Gasteiger charge is 2.20. The van der Waals surface area contributed by atoms with E-state index >= 15 is 0 Å². The second-order valence-corrected chi connectivity index (χ2v) is 7.53. The summed E-state index contributed by atoms with van der Waals surface area (Å²) in [6, 6.07) is 11.1. The Labute approximate surface area is 129 Å². The molecule has 2 aromatic heterocycles. The molecular formula is C15H14BrNS2. The van der Waals surface area contributed by atoms with Crippen molar-refractivity contribution in [2.45, 2.75) is 13.0 Å². The van der Waals surface area contributed by atoms with Gasteiger partial charge in [0.25, 0.3) is 0 Å². The molecule has 2 heterocycles. The lowest BCUT2D eigenvalue weighted by Gasteiger charge is -2.15. The Morgan fingerprint density at radius 2 is 2.05 bits per heavy atom. The first-order valence-corrected chi connectivity index (χ1v) is 8.59. The van der Waals surface area contributed by atoms with Gasteiger partial charge in [0.1, 0.15) is 0 Å². The third-order valence-corrected chi connectivity index (χ3v) is 6.22. The van der Waals surface area contributed by atoms with Crippen molar-refractivity contribution in [3.63, 3.8) is 0 Å². The van der Waals surface area contributed by atoms with Gasteiger partial charge in [0.2, 0.25) is 0 Å². The van der Waals surface area contributed by atoms with Gasteiger partial charge in [-0.2, -0.15) is 0 Å². The Morgan fingerprint density at radius 3 is 2.74 bits per heavy atom. The molecular weight excluding hydrogens is 338 g/mol. The average Bonchev–Trinajstić information content (AvgIpc) is 2.96. The molecule has 98 valence electrons. The van der Waals surface area contributed by atoms with Crippen molar-refractivity contribution >= 4 is 48.7 Å². The van der Waals surface area contributed by atoms with Crippen molar-refractivity contribution in [1.82, 2.24) is 5.32 Å². The number of rotatable bonds is 3. The molecule has 1 N–H and O–H groups in total. The van der Waals surface area contributed by atoms with E-state index in [1.807, 2.05) is 29.7 Å². The summed E-state index contributed by atoms with van der Waals surface area (Å²) >= 11 is 7.35. The van der Waals surface area contributed by atoms with Crippen LogP contribution in [0.2, 0.25) is 0 Å². The molecule has 0 aliphatic rings. The highest BCUT2D eigenvalue weighted by molar-refractivity contribution is 9.10. The summed E-state index contributed by atoms with van der Waals surface area (Å²) in [5, 5.41) is 7.08. The number of halogens is 1. The molecule has 1 aromatic carbocycles. The topological polar surface area (TPSA) is 12.0 Å². The van der Waals surface area contributed by atoms with Crippen LogP contribution in [0.5, 0.6) is 0 Å². The lowest BCUT2D eigenvalue weighted by atomic mass is 10.0. The van der Waals surface area contributed by atoms with Crippen molar-refractivity contribution in [1.29, 1.82) is 0 Å². The largest absolute Gasteiger partial charge is 0.309 e. The van der Waals surface area contributed by atoms with Gasteiger partial charge in [0, 0.05) is 18.9 Å². The Balaban J connectivity index is 2.15. The van der Waals surface area contributed by atoms with Gasteiger partial charge < -0.3 is 5.32 Å². The fourth-order valence-corrected chi connectivity index (χ4v) is 5.34. The van der Waals surface area contributed by atoms with Crippen LogP contribution in [0.3, 0.4) is 0 Å². The van der Waals surface area contributed by atoms with Gasteiger partial charge in [-0.25, -0.2) is 0 Å². The number of aryl methyl sites for hydroxylation is 1. The third kappa shape index (κ3) is 2.38. The van der Waals surface area contributed by atoms with Gasteiger partial charge in [-0.15, -0.1) is 22.7 Å². The lowest BCUT2D eigenvalue weighted by Crippen LogP contribution is -2.16. The summed E-state index contributed by atoms with van der Waals surface area (Å²) in [6.45, 7) is 2.15. The first-order chi connectivity index (χ1) is 9.20. The van der Waals surface area contributed by atoms with E-state index in [0.29, 0.717) is 0 Å². The molecule has 0 radical (unpaired) electrons. The van der Waals surface area contributed by atoms with Gasteiger partial charge >= 0.3 is 0 Å². The first kappa shape index (κ1) is 13.3. The minimum atomic E-state index is 0.254. The molecule has 1 nitrogen and oxygen atoms in total. The summed E-state index contributed by atoms with van der Waals surface area (Å²) in [4.78, 5) is 2.69. The van der Waals surface area contributed by atoms with Crippen LogP contribution in [0.1, 0.15) is 21.4 Å². The monoisotopic (exact) mass is 351 g/mol. The zero-order valence-corrected chi connectivity index (χ0v) is 14.0. The molecule has 0 spiro atoms. The number of hydrogen-bond donors (Lipinski definition) is 1. The fourth-order valence-electron chi connectivity index (χ4n) is 2.35. The first-order valence-electron chi connectivity index (χ1n) is 6.10. The molecule has 0 saturated heterocycles. The highest BCUT2D eigenvalue weighted by Crippen LogP contribution is 2.39. The van der Waals surface area contributed by atoms with E-state index in [0.717, 1.165) is 0 Å². The predicted octanol–water partition coefficient (Wildman–Crippen LogP) is 5.34. The minimum Gasteiger partial charge on any atom is -0.309 e. The molecule has 0 fully saturated rings. The Morgan fingerprint density at radius 1 is 1.26 bits per heavy atom. The molecule has 0 amide bonds. The fraction of sp³-hybridized carbons (Fsp3) is 0.200. The summed E-state index contributed by atoms with van der Waals surface area (Å²) < 4.78 is 2.55.